The zero-order valence-corrected chi connectivity index (χ0v) is 6.72. The predicted octanol–water partition coefficient (Wildman–Crippen LogP) is 2.32. The highest BCUT2D eigenvalue weighted by Gasteiger charge is 2.11. The number of hydrogen-bond donors (Lipinski definition) is 0. The SMILES string of the molecule is CCC1=NOC(C)=CC1C. The molecule has 2 heteroatoms. The fourth-order valence-corrected chi connectivity index (χ4v) is 1.08. The van der Waals surface area contributed by atoms with E-state index >= 15 is 0 Å². The number of oxime groups is 1. The van der Waals surface area contributed by atoms with Gasteiger partial charge in [-0.2, -0.15) is 0 Å². The number of allylic oxidation sites excluding steroid dienone is 2. The van der Waals surface area contributed by atoms with Gasteiger partial charge in [-0.05, 0) is 19.4 Å². The van der Waals surface area contributed by atoms with Crippen LogP contribution in [0, 0.1) is 5.92 Å². The lowest BCUT2D eigenvalue weighted by Crippen LogP contribution is -2.12. The van der Waals surface area contributed by atoms with Gasteiger partial charge in [-0.25, -0.2) is 0 Å². The summed E-state index contributed by atoms with van der Waals surface area (Å²) in [7, 11) is 0. The Morgan fingerprint density at radius 3 is 2.90 bits per heavy atom. The van der Waals surface area contributed by atoms with Gasteiger partial charge in [0, 0.05) is 5.92 Å². The fraction of sp³-hybridized carbons (Fsp3) is 0.625. The molecule has 0 aliphatic carbocycles. The summed E-state index contributed by atoms with van der Waals surface area (Å²) in [6.45, 7) is 6.15. The first-order valence-corrected chi connectivity index (χ1v) is 3.66. The monoisotopic (exact) mass is 139 g/mol. The van der Waals surface area contributed by atoms with Crippen molar-refractivity contribution in [3.05, 3.63) is 11.8 Å². The van der Waals surface area contributed by atoms with E-state index in [1.54, 1.807) is 0 Å². The van der Waals surface area contributed by atoms with Gasteiger partial charge in [-0.3, -0.25) is 0 Å². The van der Waals surface area contributed by atoms with E-state index < -0.39 is 0 Å². The normalized spacial score (nSPS) is 24.9. The fourth-order valence-electron chi connectivity index (χ4n) is 1.08. The zero-order valence-electron chi connectivity index (χ0n) is 6.72. The van der Waals surface area contributed by atoms with E-state index in [0.29, 0.717) is 5.92 Å². The maximum atomic E-state index is 5.00. The molecule has 0 aromatic carbocycles. The first kappa shape index (κ1) is 7.32. The molecule has 0 aromatic heterocycles. The Bertz CT molecular complexity index is 182. The maximum Gasteiger partial charge on any atom is 0.128 e. The van der Waals surface area contributed by atoms with Crippen molar-refractivity contribution in [2.24, 2.45) is 11.1 Å². The van der Waals surface area contributed by atoms with Crippen LogP contribution < -0.4 is 0 Å². The highest BCUT2D eigenvalue weighted by molar-refractivity contribution is 5.87. The number of nitrogens with zero attached hydrogens (tertiary/aromatic N) is 1. The Balaban J connectivity index is 2.66. The van der Waals surface area contributed by atoms with E-state index in [9.17, 15) is 0 Å². The molecule has 0 saturated carbocycles. The van der Waals surface area contributed by atoms with Crippen LogP contribution in [0.2, 0.25) is 0 Å². The van der Waals surface area contributed by atoms with E-state index in [1.807, 2.05) is 6.92 Å². The van der Waals surface area contributed by atoms with Crippen molar-refractivity contribution in [3.8, 4) is 0 Å². The maximum absolute atomic E-state index is 5.00. The summed E-state index contributed by atoms with van der Waals surface area (Å²) < 4.78 is 0. The molecule has 1 aliphatic heterocycles. The molecule has 1 atom stereocenters. The summed E-state index contributed by atoms with van der Waals surface area (Å²) in [5.74, 6) is 1.36. The second-order valence-corrected chi connectivity index (χ2v) is 2.59. The van der Waals surface area contributed by atoms with Crippen LogP contribution >= 0.6 is 0 Å². The summed E-state index contributed by atoms with van der Waals surface area (Å²) in [5, 5.41) is 3.96. The molecule has 0 bridgehead atoms. The minimum Gasteiger partial charge on any atom is -0.362 e. The van der Waals surface area contributed by atoms with Crippen LogP contribution in [-0.4, -0.2) is 5.71 Å². The van der Waals surface area contributed by atoms with E-state index in [2.05, 4.69) is 25.1 Å². The Kier molecular flexibility index (Phi) is 2.10. The Morgan fingerprint density at radius 1 is 1.70 bits per heavy atom. The van der Waals surface area contributed by atoms with Crippen molar-refractivity contribution in [2.75, 3.05) is 0 Å². The lowest BCUT2D eigenvalue weighted by molar-refractivity contribution is 0.218. The molecular weight excluding hydrogens is 126 g/mol. The number of rotatable bonds is 1. The van der Waals surface area contributed by atoms with Crippen LogP contribution in [0.3, 0.4) is 0 Å². The Hall–Kier alpha value is -0.790. The topological polar surface area (TPSA) is 21.6 Å². The summed E-state index contributed by atoms with van der Waals surface area (Å²) >= 11 is 0. The average molecular weight is 139 g/mol. The van der Waals surface area contributed by atoms with Gasteiger partial charge in [-0.1, -0.05) is 19.0 Å². The molecule has 1 unspecified atom stereocenters. The third-order valence-corrected chi connectivity index (χ3v) is 1.68. The molecule has 0 amide bonds. The third-order valence-electron chi connectivity index (χ3n) is 1.68. The molecule has 0 aromatic rings. The van der Waals surface area contributed by atoms with Crippen LogP contribution in [0.4, 0.5) is 0 Å². The van der Waals surface area contributed by atoms with Gasteiger partial charge in [-0.15, -0.1) is 0 Å². The Labute approximate surface area is 61.6 Å². The molecule has 0 radical (unpaired) electrons. The lowest BCUT2D eigenvalue weighted by atomic mass is 10.0. The summed E-state index contributed by atoms with van der Waals surface area (Å²) in [6, 6.07) is 0. The van der Waals surface area contributed by atoms with Gasteiger partial charge in [0.25, 0.3) is 0 Å². The van der Waals surface area contributed by atoms with Crippen molar-refractivity contribution in [2.45, 2.75) is 27.2 Å². The molecule has 0 spiro atoms. The minimum atomic E-state index is 0.457. The molecule has 0 N–H and O–H groups in total. The van der Waals surface area contributed by atoms with Gasteiger partial charge in [0.15, 0.2) is 0 Å². The molecule has 56 valence electrons. The molecule has 1 heterocycles. The molecule has 1 rings (SSSR count). The van der Waals surface area contributed by atoms with E-state index in [1.165, 1.54) is 0 Å². The van der Waals surface area contributed by atoms with Crippen LogP contribution in [-0.2, 0) is 4.84 Å². The average Bonchev–Trinajstić information content (AvgIpc) is 1.88. The van der Waals surface area contributed by atoms with Crippen molar-refractivity contribution in [3.63, 3.8) is 0 Å². The van der Waals surface area contributed by atoms with Gasteiger partial charge in [0.1, 0.15) is 5.76 Å². The van der Waals surface area contributed by atoms with Gasteiger partial charge < -0.3 is 4.84 Å². The van der Waals surface area contributed by atoms with E-state index in [-0.39, 0.29) is 0 Å². The minimum absolute atomic E-state index is 0.457. The third kappa shape index (κ3) is 1.38. The highest BCUT2D eigenvalue weighted by atomic mass is 16.6. The molecule has 2 nitrogen and oxygen atoms in total. The quantitative estimate of drug-likeness (QED) is 0.546. The molecule has 1 aliphatic rings. The second-order valence-electron chi connectivity index (χ2n) is 2.59. The van der Waals surface area contributed by atoms with E-state index in [4.69, 9.17) is 4.84 Å². The molecular formula is C8H13NO. The predicted molar refractivity (Wildman–Crippen MR) is 41.7 cm³/mol. The van der Waals surface area contributed by atoms with Crippen molar-refractivity contribution in [1.29, 1.82) is 0 Å². The summed E-state index contributed by atoms with van der Waals surface area (Å²) in [6.07, 6.45) is 3.07. The van der Waals surface area contributed by atoms with Gasteiger partial charge in [0.2, 0.25) is 0 Å². The molecule has 0 fully saturated rings. The smallest absolute Gasteiger partial charge is 0.128 e. The van der Waals surface area contributed by atoms with Crippen LogP contribution in [0.1, 0.15) is 27.2 Å². The van der Waals surface area contributed by atoms with Crippen LogP contribution in [0.15, 0.2) is 17.0 Å². The van der Waals surface area contributed by atoms with Gasteiger partial charge >= 0.3 is 0 Å². The second kappa shape index (κ2) is 2.86. The first-order valence-electron chi connectivity index (χ1n) is 3.66. The summed E-state index contributed by atoms with van der Waals surface area (Å²) in [4.78, 5) is 5.00. The van der Waals surface area contributed by atoms with Gasteiger partial charge in [0.05, 0.1) is 5.71 Å². The molecule has 10 heavy (non-hydrogen) atoms. The van der Waals surface area contributed by atoms with Crippen LogP contribution in [0.25, 0.3) is 0 Å². The van der Waals surface area contributed by atoms with Crippen molar-refractivity contribution < 1.29 is 4.84 Å². The Morgan fingerprint density at radius 2 is 2.40 bits per heavy atom. The highest BCUT2D eigenvalue weighted by Crippen LogP contribution is 2.14. The largest absolute Gasteiger partial charge is 0.362 e. The standard InChI is InChI=1S/C8H13NO/c1-4-8-6(2)5-7(3)10-9-8/h5-6H,4H2,1-3H3. The zero-order chi connectivity index (χ0) is 7.56. The molecule has 0 saturated heterocycles. The van der Waals surface area contributed by atoms with Crippen molar-refractivity contribution in [1.82, 2.24) is 0 Å². The van der Waals surface area contributed by atoms with E-state index in [0.717, 1.165) is 17.9 Å². The van der Waals surface area contributed by atoms with Crippen molar-refractivity contribution >= 4 is 5.71 Å². The first-order chi connectivity index (χ1) is 4.74. The van der Waals surface area contributed by atoms with Crippen LogP contribution in [0.5, 0.6) is 0 Å². The lowest BCUT2D eigenvalue weighted by Gasteiger charge is -2.14. The summed E-state index contributed by atoms with van der Waals surface area (Å²) in [5.41, 5.74) is 1.13. The number of hydrogen-bond acceptors (Lipinski definition) is 2.